The number of thiophene rings is 1. The maximum atomic E-state index is 2.84. The molecule has 364 valence electrons. The van der Waals surface area contributed by atoms with Crippen LogP contribution < -0.4 is 26.2 Å². The highest BCUT2D eigenvalue weighted by Gasteiger charge is 2.49. The van der Waals surface area contributed by atoms with Gasteiger partial charge in [0.1, 0.15) is 0 Å². The highest BCUT2D eigenvalue weighted by Crippen LogP contribution is 2.56. The van der Waals surface area contributed by atoms with Crippen molar-refractivity contribution in [2.24, 2.45) is 0 Å². The fourth-order valence-corrected chi connectivity index (χ4v) is 16.5. The van der Waals surface area contributed by atoms with Crippen molar-refractivity contribution in [3.63, 3.8) is 0 Å². The molecule has 2 aliphatic heterocycles. The molecule has 2 nitrogen and oxygen atoms in total. The first-order valence-electron chi connectivity index (χ1n) is 27.8. The van der Waals surface area contributed by atoms with Crippen LogP contribution in [0.25, 0.3) is 20.2 Å². The zero-order chi connectivity index (χ0) is 49.5. The lowest BCUT2D eigenvalue weighted by molar-refractivity contribution is 0.332. The van der Waals surface area contributed by atoms with Gasteiger partial charge >= 0.3 is 0 Å². The molecule has 71 heavy (non-hydrogen) atoms. The summed E-state index contributed by atoms with van der Waals surface area (Å²) < 4.78 is 2.79. The van der Waals surface area contributed by atoms with Gasteiger partial charge in [-0.2, -0.15) is 0 Å². The van der Waals surface area contributed by atoms with Crippen LogP contribution in [0.5, 0.6) is 0 Å². The molecule has 0 radical (unpaired) electrons. The van der Waals surface area contributed by atoms with Gasteiger partial charge in [-0.3, -0.25) is 0 Å². The number of fused-ring (bicyclic) bond motifs is 11. The van der Waals surface area contributed by atoms with Crippen LogP contribution in [0.4, 0.5) is 34.1 Å². The van der Waals surface area contributed by atoms with Crippen LogP contribution in [0.1, 0.15) is 204 Å². The summed E-state index contributed by atoms with van der Waals surface area (Å²) in [6.45, 7) is 32.5. The quantitative estimate of drug-likeness (QED) is 0.163. The highest BCUT2D eigenvalue weighted by molar-refractivity contribution is 7.26. The topological polar surface area (TPSA) is 6.48 Å². The molecule has 3 heterocycles. The van der Waals surface area contributed by atoms with Crippen molar-refractivity contribution in [3.05, 3.63) is 136 Å². The Bertz CT molecular complexity index is 3400. The van der Waals surface area contributed by atoms with Crippen LogP contribution in [0.15, 0.2) is 91.0 Å². The summed E-state index contributed by atoms with van der Waals surface area (Å²) in [7, 11) is 0. The Kier molecular flexibility index (Phi) is 9.82. The van der Waals surface area contributed by atoms with Crippen molar-refractivity contribution in [2.45, 2.75) is 199 Å². The molecule has 6 aliphatic rings. The van der Waals surface area contributed by atoms with Gasteiger partial charge in [0.05, 0.1) is 10.4 Å². The minimum absolute atomic E-state index is 0.0691. The predicted molar refractivity (Wildman–Crippen MR) is 310 cm³/mol. The summed E-state index contributed by atoms with van der Waals surface area (Å²) in [6.07, 6.45) is 13.7. The van der Waals surface area contributed by atoms with E-state index < -0.39 is 0 Å². The van der Waals surface area contributed by atoms with E-state index in [0.717, 1.165) is 0 Å². The predicted octanol–water partition coefficient (Wildman–Crippen LogP) is 17.5. The van der Waals surface area contributed by atoms with E-state index in [1.807, 2.05) is 11.3 Å². The molecule has 0 bridgehead atoms. The SMILES string of the molecule is Cc1cc2c(cc1N1c3cc(C4CCCCC4)cc4c3B(c3cc5c(cc3N4c3ccc4c(c3)C(C)(C)CCC4(C)C)C(C)(C)CCC5(C)C)c3ccc4c(sc5ccccc54)c31)C(C)(C)CCC2(C)C. The summed E-state index contributed by atoms with van der Waals surface area (Å²) in [5.41, 5.74) is 25.3. The molecule has 13 rings (SSSR count). The number of hydrogen-bond donors (Lipinski definition) is 0. The lowest BCUT2D eigenvalue weighted by Gasteiger charge is -2.48. The standard InChI is InChI=1S/C67H77BN2S/c1-40-33-47-50(66(10,11)31-29-63(47,4)5)38-54(40)70-57-35-42(41-19-15-14-16-20-41)34-56-59(57)68(52-26-24-45-44-21-17-18-22-58(44)71-61(45)60(52)70)53-37-49-51(67(12,13)32-30-65(49,8)9)39-55(53)69(56)43-23-25-46-48(36-43)64(6,7)28-27-62(46,2)3/h17-18,21-26,33-39,41H,14-16,19-20,27-32H2,1-13H3. The molecule has 6 aromatic carbocycles. The molecular weight excluding hydrogens is 876 g/mol. The molecule has 7 aromatic rings. The summed E-state index contributed by atoms with van der Waals surface area (Å²) in [5.74, 6) is 0.534. The van der Waals surface area contributed by atoms with E-state index in [4.69, 9.17) is 0 Å². The van der Waals surface area contributed by atoms with Gasteiger partial charge in [-0.1, -0.05) is 151 Å². The Hall–Kier alpha value is -4.80. The Morgan fingerprint density at radius 2 is 1.00 bits per heavy atom. The van der Waals surface area contributed by atoms with E-state index >= 15 is 0 Å². The number of anilines is 6. The van der Waals surface area contributed by atoms with Gasteiger partial charge in [-0.05, 0) is 200 Å². The molecule has 0 N–H and O–H groups in total. The van der Waals surface area contributed by atoms with E-state index in [1.54, 1.807) is 5.56 Å². The fraction of sp³-hybridized carbons (Fsp3) is 0.463. The van der Waals surface area contributed by atoms with Crippen LogP contribution in [0.3, 0.4) is 0 Å². The van der Waals surface area contributed by atoms with E-state index in [2.05, 4.69) is 191 Å². The minimum atomic E-state index is 0.0691. The van der Waals surface area contributed by atoms with Crippen molar-refractivity contribution in [1.29, 1.82) is 0 Å². The van der Waals surface area contributed by atoms with Crippen molar-refractivity contribution >= 4 is 88.7 Å². The molecular formula is C67H77BN2S. The van der Waals surface area contributed by atoms with E-state index in [1.165, 1.54) is 180 Å². The molecule has 1 aromatic heterocycles. The second-order valence-corrected chi connectivity index (χ2v) is 28.6. The number of rotatable bonds is 3. The number of nitrogens with zero attached hydrogens (tertiary/aromatic N) is 2. The second-order valence-electron chi connectivity index (χ2n) is 27.6. The van der Waals surface area contributed by atoms with Crippen molar-refractivity contribution in [2.75, 3.05) is 9.80 Å². The number of aryl methyl sites for hydroxylation is 1. The first-order chi connectivity index (χ1) is 33.6. The molecule has 0 atom stereocenters. The van der Waals surface area contributed by atoms with Gasteiger partial charge in [-0.15, -0.1) is 11.3 Å². The van der Waals surface area contributed by atoms with Crippen LogP contribution >= 0.6 is 11.3 Å². The van der Waals surface area contributed by atoms with Crippen molar-refractivity contribution in [1.82, 2.24) is 0 Å². The summed E-state index contributed by atoms with van der Waals surface area (Å²) in [6, 6.07) is 38.2. The van der Waals surface area contributed by atoms with Crippen molar-refractivity contribution < 1.29 is 0 Å². The third-order valence-electron chi connectivity index (χ3n) is 20.1. The van der Waals surface area contributed by atoms with Gasteiger partial charge in [0.2, 0.25) is 0 Å². The summed E-state index contributed by atoms with van der Waals surface area (Å²) in [4.78, 5) is 5.65. The van der Waals surface area contributed by atoms with Gasteiger partial charge in [-0.25, -0.2) is 0 Å². The highest BCUT2D eigenvalue weighted by atomic mass is 32.1. The van der Waals surface area contributed by atoms with Crippen LogP contribution in [-0.2, 0) is 32.5 Å². The molecule has 0 spiro atoms. The maximum Gasteiger partial charge on any atom is 0.252 e. The third kappa shape index (κ3) is 6.70. The minimum Gasteiger partial charge on any atom is -0.311 e. The normalized spacial score (nSPS) is 21.8. The van der Waals surface area contributed by atoms with Crippen LogP contribution in [0, 0.1) is 6.92 Å². The molecule has 1 fully saturated rings. The second kappa shape index (κ2) is 15.1. The Labute approximate surface area is 430 Å². The largest absolute Gasteiger partial charge is 0.311 e. The molecule has 1 saturated carbocycles. The molecule has 4 aliphatic carbocycles. The monoisotopic (exact) mass is 953 g/mol. The lowest BCUT2D eigenvalue weighted by atomic mass is 9.33. The maximum absolute atomic E-state index is 2.84. The Morgan fingerprint density at radius 3 is 1.63 bits per heavy atom. The van der Waals surface area contributed by atoms with E-state index in [9.17, 15) is 0 Å². The van der Waals surface area contributed by atoms with Crippen LogP contribution in [-0.4, -0.2) is 6.71 Å². The fourth-order valence-electron chi connectivity index (χ4n) is 15.2. The van der Waals surface area contributed by atoms with Crippen molar-refractivity contribution in [3.8, 4) is 0 Å². The first-order valence-corrected chi connectivity index (χ1v) is 28.6. The zero-order valence-corrected chi connectivity index (χ0v) is 46.2. The molecule has 0 amide bonds. The van der Waals surface area contributed by atoms with Crippen LogP contribution in [0.2, 0.25) is 0 Å². The van der Waals surface area contributed by atoms with Gasteiger partial charge < -0.3 is 9.80 Å². The van der Waals surface area contributed by atoms with E-state index in [0.29, 0.717) is 5.92 Å². The molecule has 4 heteroatoms. The summed E-state index contributed by atoms with van der Waals surface area (Å²) >= 11 is 2.01. The molecule has 0 unspecified atom stereocenters. The number of hydrogen-bond acceptors (Lipinski definition) is 3. The van der Waals surface area contributed by atoms with Gasteiger partial charge in [0.25, 0.3) is 6.71 Å². The van der Waals surface area contributed by atoms with Gasteiger partial charge in [0.15, 0.2) is 0 Å². The summed E-state index contributed by atoms with van der Waals surface area (Å²) in [5, 5.41) is 2.75. The van der Waals surface area contributed by atoms with Gasteiger partial charge in [0, 0.05) is 43.9 Å². The Morgan fingerprint density at radius 1 is 0.465 bits per heavy atom. The smallest absolute Gasteiger partial charge is 0.252 e. The Balaban J connectivity index is 1.19. The molecule has 0 saturated heterocycles. The number of benzene rings is 6. The lowest BCUT2D eigenvalue weighted by Crippen LogP contribution is -2.62. The van der Waals surface area contributed by atoms with E-state index in [-0.39, 0.29) is 39.2 Å². The average Bonchev–Trinajstić information content (AvgIpc) is 3.72. The third-order valence-corrected chi connectivity index (χ3v) is 21.3. The first kappa shape index (κ1) is 46.0. The zero-order valence-electron chi connectivity index (χ0n) is 45.4. The average molecular weight is 953 g/mol.